The molecule has 0 heterocycles. The Hall–Kier alpha value is -4.35. The number of carboxylic acids is 3. The van der Waals surface area contributed by atoms with E-state index >= 15 is 0 Å². The average molecular weight is 1860 g/mol. The second-order valence-corrected chi connectivity index (χ2v) is 35.8. The number of rotatable bonds is 93. The number of aliphatic hydroxyl groups excluding tert-OH is 10. The molecular weight excluding hydrogens is 1640 g/mol. The largest absolute Gasteiger partial charge is 0.481 e. The van der Waals surface area contributed by atoms with E-state index in [4.69, 9.17) is 75.9 Å². The van der Waals surface area contributed by atoms with Crippen molar-refractivity contribution in [1.82, 2.24) is 0 Å². The van der Waals surface area contributed by atoms with Gasteiger partial charge < -0.3 is 75.9 Å². The SMILES string of the molecule is CCCCCCCC/C=C\CCCCCCCC(=O)O.CCCCCCCC/C=C\CCCCCCCC(=O)O.CCCCCCCC/C=C\CCCCCCCC(=O)O.CCCCCCCC/C=C\CCCCCCCCCCCC(=O)OCC(O)CO.CCCCCCCC/C=C\CCCCCCCCCCCC(=O)OCC(O)CO.OCC(O)CO.OCC(O)CO. The van der Waals surface area contributed by atoms with Gasteiger partial charge in [0.05, 0.1) is 39.6 Å². The van der Waals surface area contributed by atoms with E-state index in [1.165, 1.54) is 405 Å². The molecule has 0 rings (SSSR count). The molecule has 0 aliphatic carbocycles. The molecule has 20 heteroatoms. The molecule has 0 saturated carbocycles. The third-order valence-corrected chi connectivity index (χ3v) is 22.4. The molecule has 0 amide bonds. The summed E-state index contributed by atoms with van der Waals surface area (Å²) in [4.78, 5) is 53.8. The summed E-state index contributed by atoms with van der Waals surface area (Å²) in [5, 5.41) is 109. The number of carbonyl (C=O) groups excluding carboxylic acids is 2. The van der Waals surface area contributed by atoms with Gasteiger partial charge in [-0.15, -0.1) is 0 Å². The predicted molar refractivity (Wildman–Crippen MR) is 546 cm³/mol. The maximum Gasteiger partial charge on any atom is 0.305 e. The minimum Gasteiger partial charge on any atom is -0.481 e. The van der Waals surface area contributed by atoms with Crippen LogP contribution in [-0.4, -0.2) is 174 Å². The minimum absolute atomic E-state index is 0.107. The Balaban J connectivity index is -0.000000284. The first-order chi connectivity index (χ1) is 63.3. The molecule has 0 spiro atoms. The normalized spacial score (nSPS) is 11.7. The first-order valence-electron chi connectivity index (χ1n) is 53.9. The lowest BCUT2D eigenvalue weighted by Crippen LogP contribution is -2.21. The molecule has 0 aliphatic heterocycles. The topological polar surface area (TPSA) is 367 Å². The first kappa shape index (κ1) is 139. The van der Waals surface area contributed by atoms with Crippen molar-refractivity contribution in [2.24, 2.45) is 0 Å². The Morgan fingerprint density at radius 2 is 0.308 bits per heavy atom. The summed E-state index contributed by atoms with van der Waals surface area (Å²) in [6.45, 7) is 8.90. The molecule has 0 fully saturated rings. The summed E-state index contributed by atoms with van der Waals surface area (Å²) in [7, 11) is 0. The smallest absolute Gasteiger partial charge is 0.305 e. The van der Waals surface area contributed by atoms with E-state index < -0.39 is 42.3 Å². The number of hydrogen-bond donors (Lipinski definition) is 13. The van der Waals surface area contributed by atoms with Crippen molar-refractivity contribution >= 4 is 29.8 Å². The lowest BCUT2D eigenvalue weighted by Gasteiger charge is -2.08. The highest BCUT2D eigenvalue weighted by Gasteiger charge is 2.10. The van der Waals surface area contributed by atoms with Gasteiger partial charge in [0.25, 0.3) is 0 Å². The molecule has 0 aliphatic rings. The van der Waals surface area contributed by atoms with Crippen LogP contribution in [-0.2, 0) is 33.4 Å². The second kappa shape index (κ2) is 131. The van der Waals surface area contributed by atoms with Crippen molar-refractivity contribution in [3.63, 3.8) is 0 Å². The first-order valence-corrected chi connectivity index (χ1v) is 53.9. The van der Waals surface area contributed by atoms with E-state index in [9.17, 15) is 24.0 Å². The molecule has 0 aromatic carbocycles. The van der Waals surface area contributed by atoms with E-state index in [-0.39, 0.29) is 64.8 Å². The zero-order chi connectivity index (χ0) is 97.5. The van der Waals surface area contributed by atoms with Crippen molar-refractivity contribution in [2.75, 3.05) is 52.9 Å². The molecule has 774 valence electrons. The lowest BCUT2D eigenvalue weighted by atomic mass is 10.1. The monoisotopic (exact) mass is 1860 g/mol. The maximum atomic E-state index is 11.4. The average Bonchev–Trinajstić information content (AvgIpc) is 1.02. The number of esters is 2. The standard InChI is InChI=1S/2C25H48O4.3C18H34O2.2C3H8O3/c2*1-2-3-4-5-6-7-8-9-10-11-12-13-14-15-16-17-18-19-20-21-25(28)29-23-24(27)22-26;3*1-2-3-4-5-6-7-8-9-10-11-12-13-14-15-16-17-18(19)20;2*4-1-3(6)2-5/h2*9-10,24,26-27H,2-8,11-23H2,1H3;3*9-10H,2-8,11-17H2,1H3,(H,19,20);2*3-6H,1-2H2/b5*10-9-;;. The van der Waals surface area contributed by atoms with E-state index in [0.29, 0.717) is 32.1 Å². The van der Waals surface area contributed by atoms with Gasteiger partial charge in [-0.3, -0.25) is 24.0 Å². The third-order valence-electron chi connectivity index (χ3n) is 22.4. The van der Waals surface area contributed by atoms with Crippen LogP contribution < -0.4 is 0 Å². The highest BCUT2D eigenvalue weighted by atomic mass is 16.5. The fourth-order valence-corrected chi connectivity index (χ4v) is 13.9. The Labute approximate surface area is 798 Å². The van der Waals surface area contributed by atoms with Crippen molar-refractivity contribution < 1.29 is 99.8 Å². The van der Waals surface area contributed by atoms with Gasteiger partial charge in [0, 0.05) is 32.1 Å². The molecular formula is C110H214O20. The number of carboxylic acid groups (broad SMARTS) is 3. The Kier molecular flexibility index (Phi) is 140. The Morgan fingerprint density at radius 3 is 0.431 bits per heavy atom. The summed E-state index contributed by atoms with van der Waals surface area (Å²) in [6, 6.07) is 0. The number of allylic oxidation sites excluding steroid dienone is 10. The van der Waals surface area contributed by atoms with Crippen LogP contribution in [0.4, 0.5) is 0 Å². The van der Waals surface area contributed by atoms with Gasteiger partial charge in [-0.25, -0.2) is 0 Å². The zero-order valence-electron chi connectivity index (χ0n) is 85.1. The van der Waals surface area contributed by atoms with Gasteiger partial charge in [0.2, 0.25) is 0 Å². The molecule has 0 aromatic rings. The van der Waals surface area contributed by atoms with Gasteiger partial charge in [-0.05, 0) is 161 Å². The van der Waals surface area contributed by atoms with Crippen LogP contribution in [0.2, 0.25) is 0 Å². The predicted octanol–water partition coefficient (Wildman–Crippen LogP) is 28.0. The molecule has 0 bridgehead atoms. The van der Waals surface area contributed by atoms with Crippen molar-refractivity contribution in [3.8, 4) is 0 Å². The van der Waals surface area contributed by atoms with E-state index in [0.717, 1.165) is 64.2 Å². The van der Waals surface area contributed by atoms with Gasteiger partial charge in [0.15, 0.2) is 0 Å². The van der Waals surface area contributed by atoms with Crippen LogP contribution in [0.3, 0.4) is 0 Å². The van der Waals surface area contributed by atoms with Crippen LogP contribution in [0.25, 0.3) is 0 Å². The molecule has 2 atom stereocenters. The number of unbranched alkanes of at least 4 members (excludes halogenated alkanes) is 63. The molecule has 0 saturated heterocycles. The highest BCUT2D eigenvalue weighted by molar-refractivity contribution is 5.69. The summed E-state index contributed by atoms with van der Waals surface area (Å²) < 4.78 is 9.76. The summed E-state index contributed by atoms with van der Waals surface area (Å²) >= 11 is 0. The van der Waals surface area contributed by atoms with Crippen LogP contribution in [0, 0.1) is 0 Å². The van der Waals surface area contributed by atoms with Crippen molar-refractivity contribution in [1.29, 1.82) is 0 Å². The van der Waals surface area contributed by atoms with Gasteiger partial charge in [-0.1, -0.05) is 404 Å². The fourth-order valence-electron chi connectivity index (χ4n) is 13.9. The number of carbonyl (C=O) groups is 5. The highest BCUT2D eigenvalue weighted by Crippen LogP contribution is 2.19. The zero-order valence-corrected chi connectivity index (χ0v) is 85.1. The summed E-state index contributed by atoms with van der Waals surface area (Å²) in [5.74, 6) is -2.55. The maximum absolute atomic E-state index is 11.4. The van der Waals surface area contributed by atoms with E-state index in [1.54, 1.807) is 0 Å². The Bertz CT molecular complexity index is 2090. The molecule has 0 aromatic heterocycles. The summed E-state index contributed by atoms with van der Waals surface area (Å²) in [6.07, 6.45) is 114. The molecule has 2 unspecified atom stereocenters. The fraction of sp³-hybridized carbons (Fsp3) is 0.864. The van der Waals surface area contributed by atoms with Crippen LogP contribution in [0.5, 0.6) is 0 Å². The molecule has 20 nitrogen and oxygen atoms in total. The Morgan fingerprint density at radius 1 is 0.185 bits per heavy atom. The molecule has 0 radical (unpaired) electrons. The number of aliphatic hydroxyl groups is 10. The quantitative estimate of drug-likeness (QED) is 0.0153. The van der Waals surface area contributed by atoms with Crippen LogP contribution >= 0.6 is 0 Å². The minimum atomic E-state index is -0.958. The van der Waals surface area contributed by atoms with Crippen molar-refractivity contribution in [2.45, 2.75) is 560 Å². The lowest BCUT2D eigenvalue weighted by molar-refractivity contribution is -0.148. The van der Waals surface area contributed by atoms with Crippen LogP contribution in [0.1, 0.15) is 535 Å². The van der Waals surface area contributed by atoms with Gasteiger partial charge >= 0.3 is 29.8 Å². The molecule has 13 N–H and O–H groups in total. The van der Waals surface area contributed by atoms with Gasteiger partial charge in [-0.2, -0.15) is 0 Å². The number of aliphatic carboxylic acids is 3. The summed E-state index contributed by atoms with van der Waals surface area (Å²) in [5.41, 5.74) is 0. The molecule has 130 heavy (non-hydrogen) atoms. The van der Waals surface area contributed by atoms with Crippen LogP contribution in [0.15, 0.2) is 60.8 Å². The van der Waals surface area contributed by atoms with Gasteiger partial charge in [0.1, 0.15) is 37.6 Å². The third kappa shape index (κ3) is 152. The second-order valence-electron chi connectivity index (χ2n) is 35.8. The van der Waals surface area contributed by atoms with E-state index in [1.807, 2.05) is 0 Å². The van der Waals surface area contributed by atoms with E-state index in [2.05, 4.69) is 95.4 Å². The number of ether oxygens (including phenoxy) is 2. The number of hydrogen-bond acceptors (Lipinski definition) is 17. The van der Waals surface area contributed by atoms with Crippen molar-refractivity contribution in [3.05, 3.63) is 60.8 Å².